The highest BCUT2D eigenvalue weighted by molar-refractivity contribution is 5.74. The molecule has 0 amide bonds. The first-order chi connectivity index (χ1) is 34.6. The molecule has 10 unspecified atom stereocenters. The highest BCUT2D eigenvalue weighted by atomic mass is 16.8. The lowest BCUT2D eigenvalue weighted by Crippen LogP contribution is -2.69. The van der Waals surface area contributed by atoms with Crippen LogP contribution >= 0.6 is 0 Å². The van der Waals surface area contributed by atoms with Crippen molar-refractivity contribution in [2.75, 3.05) is 62.5 Å². The zero-order valence-electron chi connectivity index (χ0n) is 41.2. The lowest BCUT2D eigenvalue weighted by atomic mass is 9.94. The number of aliphatic hydroxyl groups excluding tert-OH is 5. The van der Waals surface area contributed by atoms with E-state index in [4.69, 9.17) is 91.0 Å². The van der Waals surface area contributed by atoms with Crippen LogP contribution in [0.3, 0.4) is 0 Å². The second-order valence-corrected chi connectivity index (χ2v) is 17.2. The van der Waals surface area contributed by atoms with Gasteiger partial charge in [0.2, 0.25) is 0 Å². The van der Waals surface area contributed by atoms with Crippen LogP contribution in [-0.4, -0.2) is 282 Å². The zero-order valence-corrected chi connectivity index (χ0v) is 41.2. The van der Waals surface area contributed by atoms with Crippen LogP contribution in [-0.2, 0) is 109 Å². The van der Waals surface area contributed by atoms with Gasteiger partial charge in [-0.25, -0.2) is 9.59 Å². The van der Waals surface area contributed by atoms with Crippen molar-refractivity contribution in [3.8, 4) is 0 Å². The van der Waals surface area contributed by atoms with Gasteiger partial charge in [-0.3, -0.25) is 14.4 Å². The van der Waals surface area contributed by atoms with Gasteiger partial charge in [-0.05, 0) is 0 Å². The number of nitrogens with two attached hydrogens (primary N) is 1. The summed E-state index contributed by atoms with van der Waals surface area (Å²) in [5.74, 6) is -5.90. The summed E-state index contributed by atoms with van der Waals surface area (Å²) in [5.41, 5.74) is 6.52. The van der Waals surface area contributed by atoms with Crippen molar-refractivity contribution in [3.63, 3.8) is 0 Å². The predicted molar refractivity (Wildman–Crippen MR) is 227 cm³/mol. The molecule has 5 aliphatic heterocycles. The highest BCUT2D eigenvalue weighted by Crippen LogP contribution is 2.39. The molecule has 0 aliphatic carbocycles. The average Bonchev–Trinajstić information content (AvgIpc) is 3.34. The number of rotatable bonds is 22. The Hall–Kier alpha value is -3.49. The molecule has 0 spiro atoms. The minimum Gasteiger partial charge on any atom is -0.479 e. The summed E-state index contributed by atoms with van der Waals surface area (Å²) in [5, 5.41) is 74.0. The fourth-order valence-corrected chi connectivity index (χ4v) is 9.21. The number of carboxylic acids is 2. The first kappa shape index (κ1) is 60.4. The van der Waals surface area contributed by atoms with Crippen molar-refractivity contribution < 1.29 is 145 Å². The van der Waals surface area contributed by atoms with E-state index in [0.29, 0.717) is 0 Å². The van der Waals surface area contributed by atoms with Crippen LogP contribution in [0, 0.1) is 0 Å². The molecule has 31 heteroatoms. The van der Waals surface area contributed by atoms with Gasteiger partial charge in [0.25, 0.3) is 0 Å². The summed E-state index contributed by atoms with van der Waals surface area (Å²) < 4.78 is 103. The molecule has 9 N–H and O–H groups in total. The lowest BCUT2D eigenvalue weighted by Gasteiger charge is -2.50. The van der Waals surface area contributed by atoms with E-state index in [2.05, 4.69) is 0 Å². The summed E-state index contributed by atoms with van der Waals surface area (Å²) in [7, 11) is 7.29. The number of carbonyl (C=O) groups excluding carboxylic acids is 3. The van der Waals surface area contributed by atoms with Crippen LogP contribution in [0.1, 0.15) is 20.8 Å². The molecule has 31 nitrogen and oxygen atoms in total. The molecular formula is C42H67NO30. The summed E-state index contributed by atoms with van der Waals surface area (Å²) >= 11 is 0. The molecule has 25 atom stereocenters. The van der Waals surface area contributed by atoms with E-state index < -0.39 is 197 Å². The monoisotopic (exact) mass is 1070 g/mol. The quantitative estimate of drug-likeness (QED) is 0.0369. The Balaban J connectivity index is 1.45. The Morgan fingerprint density at radius 3 is 1.29 bits per heavy atom. The normalized spacial score (nSPS) is 43.1. The van der Waals surface area contributed by atoms with E-state index in [-0.39, 0.29) is 6.61 Å². The Morgan fingerprint density at radius 2 is 0.863 bits per heavy atom. The van der Waals surface area contributed by atoms with Gasteiger partial charge >= 0.3 is 29.8 Å². The predicted octanol–water partition coefficient (Wildman–Crippen LogP) is -6.14. The van der Waals surface area contributed by atoms with Crippen molar-refractivity contribution >= 4 is 29.8 Å². The van der Waals surface area contributed by atoms with Crippen molar-refractivity contribution in [2.24, 2.45) is 5.73 Å². The van der Waals surface area contributed by atoms with E-state index in [1.54, 1.807) is 0 Å². The van der Waals surface area contributed by atoms with Gasteiger partial charge in [0.05, 0.1) is 12.6 Å². The van der Waals surface area contributed by atoms with E-state index in [9.17, 15) is 59.7 Å². The van der Waals surface area contributed by atoms with Crippen LogP contribution in [0.25, 0.3) is 0 Å². The molecular weight excluding hydrogens is 998 g/mol. The first-order valence-corrected chi connectivity index (χ1v) is 22.7. The molecule has 5 aliphatic rings. The molecule has 5 fully saturated rings. The number of carboxylic acid groups (broad SMARTS) is 2. The van der Waals surface area contributed by atoms with Gasteiger partial charge in [-0.2, -0.15) is 0 Å². The second-order valence-electron chi connectivity index (χ2n) is 17.2. The minimum atomic E-state index is -2.15. The summed E-state index contributed by atoms with van der Waals surface area (Å²) in [4.78, 5) is 62.8. The van der Waals surface area contributed by atoms with E-state index in [1.807, 2.05) is 0 Å². The molecule has 0 saturated carbocycles. The summed E-state index contributed by atoms with van der Waals surface area (Å²) in [6.07, 6.45) is -40.0. The van der Waals surface area contributed by atoms with Crippen LogP contribution in [0.5, 0.6) is 0 Å². The molecule has 0 aromatic heterocycles. The largest absolute Gasteiger partial charge is 0.479 e. The maximum absolute atomic E-state index is 13.1. The second kappa shape index (κ2) is 27.0. The minimum absolute atomic E-state index is 0.341. The van der Waals surface area contributed by atoms with E-state index >= 15 is 0 Å². The standard InChI is InChI=1S/C42H67NO30/c1-13(45)62-11-17-24(56-4)26(57-5)19(43)39(66-17)70-30-28(58-6)35(61-9)42(73-32(30)36(51)52)69-25-18(12-63-14(2)46)67-40(22(50)27(25)64-15(3)47)71-31-29(59-7)34(60-8)41(72-33(31)37(53)54)68-23-16(10-44)65-38(55)21(49)20(23)48/h16-35,38-42,44,48-50,55H,10-12,43H2,1-9H3,(H,51,52)(H,53,54)/t16?,17?,18-,19?,20+,21?,22?,23+,24-,25+,26+,27?,28-,29?,30-,31-,32?,33+,34?,35?,38-,39-,40+,41-,42+/m0/s1. The van der Waals surface area contributed by atoms with Gasteiger partial charge in [0.1, 0.15) is 111 Å². The van der Waals surface area contributed by atoms with Crippen molar-refractivity contribution in [3.05, 3.63) is 0 Å². The van der Waals surface area contributed by atoms with Crippen molar-refractivity contribution in [2.45, 2.75) is 174 Å². The molecule has 5 saturated heterocycles. The third kappa shape index (κ3) is 13.7. The Bertz CT molecular complexity index is 1810. The number of esters is 3. The number of hydrogen-bond acceptors (Lipinski definition) is 29. The lowest BCUT2D eigenvalue weighted by molar-refractivity contribution is -0.389. The van der Waals surface area contributed by atoms with Crippen molar-refractivity contribution in [1.29, 1.82) is 0 Å². The van der Waals surface area contributed by atoms with Crippen LogP contribution in [0.15, 0.2) is 0 Å². The molecule has 420 valence electrons. The van der Waals surface area contributed by atoms with E-state index in [0.717, 1.165) is 28.1 Å². The van der Waals surface area contributed by atoms with Crippen LogP contribution < -0.4 is 5.73 Å². The molecule has 73 heavy (non-hydrogen) atoms. The Kier molecular flexibility index (Phi) is 22.3. The van der Waals surface area contributed by atoms with Gasteiger partial charge in [0.15, 0.2) is 49.8 Å². The van der Waals surface area contributed by atoms with E-state index in [1.165, 1.54) is 35.4 Å². The van der Waals surface area contributed by atoms with Crippen LogP contribution in [0.2, 0.25) is 0 Å². The summed E-state index contributed by atoms with van der Waals surface area (Å²) in [6, 6.07) is -1.16. The molecule has 0 bridgehead atoms. The molecule has 0 aromatic carbocycles. The SMILES string of the molecule is COC1C(OC)[C@H](O[C@H]2O[C@@H](COC(C)=O)[C@@H](O[C@@H]3OC(C(=O)O)[C@@H](O[C@@H]4OC(COC(C)=O)[C@H](OC)[C@H](OC)C4N)[C@H](OC)C3OC)C(OC(C)=O)C2O)[C@H](C(=O)O)O[C@@H]1O[C@@H]1C(CO)O[C@H](O)C(O)[C@H]1O. The molecule has 0 radical (unpaired) electrons. The average molecular weight is 1070 g/mol. The van der Waals surface area contributed by atoms with Gasteiger partial charge in [-0.15, -0.1) is 0 Å². The molecule has 0 aromatic rings. The maximum Gasteiger partial charge on any atom is 0.335 e. The number of aliphatic carboxylic acids is 2. The summed E-state index contributed by atoms with van der Waals surface area (Å²) in [6.45, 7) is 1.22. The van der Waals surface area contributed by atoms with Gasteiger partial charge in [0, 0.05) is 63.4 Å². The van der Waals surface area contributed by atoms with Crippen LogP contribution in [0.4, 0.5) is 0 Å². The first-order valence-electron chi connectivity index (χ1n) is 22.7. The maximum atomic E-state index is 13.1. The highest BCUT2D eigenvalue weighted by Gasteiger charge is 2.60. The fraction of sp³-hybridized carbons (Fsp3) is 0.881. The number of hydrogen-bond donors (Lipinski definition) is 8. The number of carbonyl (C=O) groups is 5. The number of aliphatic hydroxyl groups is 5. The fourth-order valence-electron chi connectivity index (χ4n) is 9.21. The van der Waals surface area contributed by atoms with Crippen molar-refractivity contribution in [1.82, 2.24) is 0 Å². The third-order valence-corrected chi connectivity index (χ3v) is 12.6. The Labute approximate surface area is 416 Å². The van der Waals surface area contributed by atoms with Gasteiger partial charge in [-0.1, -0.05) is 0 Å². The Morgan fingerprint density at radius 1 is 0.438 bits per heavy atom. The molecule has 5 rings (SSSR count). The number of ether oxygens (including phenoxy) is 18. The van der Waals surface area contributed by atoms with Gasteiger partial charge < -0.3 is 127 Å². The topological polar surface area (TPSA) is 419 Å². The molecule has 5 heterocycles. The zero-order chi connectivity index (χ0) is 54.2. The smallest absolute Gasteiger partial charge is 0.335 e. The number of methoxy groups -OCH3 is 6. The third-order valence-electron chi connectivity index (χ3n) is 12.6.